The third-order valence-electron chi connectivity index (χ3n) is 5.10. The highest BCUT2D eigenvalue weighted by Crippen LogP contribution is 2.08. The van der Waals surface area contributed by atoms with Crippen LogP contribution in [-0.2, 0) is 42.8 Å². The van der Waals surface area contributed by atoms with Gasteiger partial charge in [0, 0.05) is 19.3 Å². The second-order valence-corrected chi connectivity index (χ2v) is 8.36. The molecule has 0 aliphatic heterocycles. The lowest BCUT2D eigenvalue weighted by Gasteiger charge is -2.08. The van der Waals surface area contributed by atoms with Crippen LogP contribution in [0.5, 0.6) is 0 Å². The maximum absolute atomic E-state index is 11.6. The molecule has 0 aromatic heterocycles. The Bertz CT molecular complexity index is 527. The molecule has 0 aliphatic rings. The molecule has 0 heterocycles. The first-order valence-corrected chi connectivity index (χ1v) is 13.4. The van der Waals surface area contributed by atoms with Gasteiger partial charge in [-0.25, -0.2) is 0 Å². The Hall–Kier alpha value is -1.75. The molecule has 10 nitrogen and oxygen atoms in total. The van der Waals surface area contributed by atoms with Crippen LogP contribution in [0.1, 0.15) is 84.0 Å². The van der Waals surface area contributed by atoms with Gasteiger partial charge in [0.2, 0.25) is 0 Å². The van der Waals surface area contributed by atoms with E-state index in [1.54, 1.807) is 0 Å². The van der Waals surface area contributed by atoms with Crippen LogP contribution < -0.4 is 0 Å². The Balaban J connectivity index is 3.20. The maximum Gasteiger partial charge on any atom is 0.305 e. The summed E-state index contributed by atoms with van der Waals surface area (Å²) < 4.78 is 31.6. The smallest absolute Gasteiger partial charge is 0.305 e. The molecule has 212 valence electrons. The van der Waals surface area contributed by atoms with E-state index in [4.69, 9.17) is 33.5 Å². The lowest BCUT2D eigenvalue weighted by Crippen LogP contribution is -2.15. The minimum Gasteiger partial charge on any atom is -0.481 e. The fourth-order valence-corrected chi connectivity index (χ4v) is 3.11. The standard InChI is InChI=1S/C26H48O10/c1-2-3-4-5-6-7-8-12-25(29)35-22-20-33-18-16-31-14-15-32-17-19-34-21-23-36-26(30)13-10-9-11-24(27)28/h2-23H2,1H3,(H,27,28). The van der Waals surface area contributed by atoms with Crippen molar-refractivity contribution in [3.63, 3.8) is 0 Å². The zero-order valence-electron chi connectivity index (χ0n) is 22.2. The van der Waals surface area contributed by atoms with E-state index in [0.29, 0.717) is 65.5 Å². The average molecular weight is 521 g/mol. The van der Waals surface area contributed by atoms with Gasteiger partial charge in [-0.15, -0.1) is 0 Å². The predicted molar refractivity (Wildman–Crippen MR) is 134 cm³/mol. The quantitative estimate of drug-likeness (QED) is 0.120. The largest absolute Gasteiger partial charge is 0.481 e. The normalized spacial score (nSPS) is 10.9. The summed E-state index contributed by atoms with van der Waals surface area (Å²) in [6.07, 6.45) is 9.97. The van der Waals surface area contributed by atoms with E-state index >= 15 is 0 Å². The van der Waals surface area contributed by atoms with Crippen molar-refractivity contribution in [1.29, 1.82) is 0 Å². The van der Waals surface area contributed by atoms with E-state index in [2.05, 4.69) is 6.92 Å². The number of ether oxygens (including phenoxy) is 6. The van der Waals surface area contributed by atoms with E-state index in [1.165, 1.54) is 32.1 Å². The molecular formula is C26H48O10. The van der Waals surface area contributed by atoms with Gasteiger partial charge in [0.25, 0.3) is 0 Å². The first-order valence-electron chi connectivity index (χ1n) is 13.4. The second-order valence-electron chi connectivity index (χ2n) is 8.36. The minimum atomic E-state index is -0.861. The van der Waals surface area contributed by atoms with Crippen molar-refractivity contribution in [2.24, 2.45) is 0 Å². The lowest BCUT2D eigenvalue weighted by molar-refractivity contribution is -0.146. The van der Waals surface area contributed by atoms with Crippen LogP contribution in [-0.4, -0.2) is 89.1 Å². The van der Waals surface area contributed by atoms with Gasteiger partial charge in [0.1, 0.15) is 13.2 Å². The summed E-state index contributed by atoms with van der Waals surface area (Å²) in [5.74, 6) is -1.36. The van der Waals surface area contributed by atoms with Gasteiger partial charge in [0.05, 0.1) is 52.9 Å². The van der Waals surface area contributed by atoms with Crippen molar-refractivity contribution in [2.45, 2.75) is 84.0 Å². The summed E-state index contributed by atoms with van der Waals surface area (Å²) in [5, 5.41) is 8.52. The molecule has 36 heavy (non-hydrogen) atoms. The topological polar surface area (TPSA) is 127 Å². The summed E-state index contributed by atoms with van der Waals surface area (Å²) in [4.78, 5) is 33.4. The number of unbranched alkanes of at least 4 members (excludes halogenated alkanes) is 7. The predicted octanol–water partition coefficient (Wildman–Crippen LogP) is 3.92. The third kappa shape index (κ3) is 28.5. The molecule has 0 amide bonds. The molecule has 0 atom stereocenters. The molecule has 0 aromatic rings. The number of hydrogen-bond donors (Lipinski definition) is 1. The molecule has 0 aromatic carbocycles. The van der Waals surface area contributed by atoms with Crippen molar-refractivity contribution in [2.75, 3.05) is 66.1 Å². The first kappa shape index (κ1) is 34.2. The summed E-state index contributed by atoms with van der Waals surface area (Å²) >= 11 is 0. The van der Waals surface area contributed by atoms with E-state index in [1.807, 2.05) is 0 Å². The van der Waals surface area contributed by atoms with Crippen molar-refractivity contribution >= 4 is 17.9 Å². The molecule has 0 fully saturated rings. The number of carbonyl (C=O) groups excluding carboxylic acids is 2. The zero-order chi connectivity index (χ0) is 26.5. The Kier molecular flexibility index (Phi) is 26.5. The Morgan fingerprint density at radius 3 is 1.22 bits per heavy atom. The van der Waals surface area contributed by atoms with Crippen LogP contribution in [0.2, 0.25) is 0 Å². The summed E-state index contributed by atoms with van der Waals surface area (Å²) in [6, 6.07) is 0. The van der Waals surface area contributed by atoms with Crippen molar-refractivity contribution in [1.82, 2.24) is 0 Å². The molecule has 1 N–H and O–H groups in total. The van der Waals surface area contributed by atoms with Crippen LogP contribution in [0.3, 0.4) is 0 Å². The van der Waals surface area contributed by atoms with Gasteiger partial charge in [0.15, 0.2) is 0 Å². The van der Waals surface area contributed by atoms with Crippen LogP contribution in [0.4, 0.5) is 0 Å². The molecule has 0 saturated heterocycles. The Morgan fingerprint density at radius 1 is 0.472 bits per heavy atom. The molecule has 0 saturated carbocycles. The van der Waals surface area contributed by atoms with Gasteiger partial charge in [-0.3, -0.25) is 14.4 Å². The van der Waals surface area contributed by atoms with E-state index < -0.39 is 5.97 Å². The van der Waals surface area contributed by atoms with E-state index in [-0.39, 0.29) is 44.6 Å². The van der Waals surface area contributed by atoms with E-state index in [0.717, 1.165) is 12.8 Å². The maximum atomic E-state index is 11.6. The zero-order valence-corrected chi connectivity index (χ0v) is 22.2. The average Bonchev–Trinajstić information content (AvgIpc) is 2.85. The molecule has 0 radical (unpaired) electrons. The van der Waals surface area contributed by atoms with E-state index in [9.17, 15) is 14.4 Å². The Labute approximate surface area is 216 Å². The fraction of sp³-hybridized carbons (Fsp3) is 0.885. The fourth-order valence-electron chi connectivity index (χ4n) is 3.11. The number of hydrogen-bond acceptors (Lipinski definition) is 9. The first-order chi connectivity index (χ1) is 17.6. The number of esters is 2. The summed E-state index contributed by atoms with van der Waals surface area (Å²) in [7, 11) is 0. The van der Waals surface area contributed by atoms with Gasteiger partial charge < -0.3 is 33.5 Å². The second kappa shape index (κ2) is 27.8. The highest BCUT2D eigenvalue weighted by Gasteiger charge is 2.04. The van der Waals surface area contributed by atoms with Crippen LogP contribution >= 0.6 is 0 Å². The molecule has 0 rings (SSSR count). The number of carboxylic acids is 1. The third-order valence-corrected chi connectivity index (χ3v) is 5.10. The molecule has 0 aliphatic carbocycles. The summed E-state index contributed by atoms with van der Waals surface area (Å²) in [5.41, 5.74) is 0. The monoisotopic (exact) mass is 520 g/mol. The lowest BCUT2D eigenvalue weighted by atomic mass is 10.1. The molecule has 0 unspecified atom stereocenters. The van der Waals surface area contributed by atoms with Gasteiger partial charge in [-0.1, -0.05) is 45.4 Å². The van der Waals surface area contributed by atoms with Crippen molar-refractivity contribution in [3.8, 4) is 0 Å². The molecular weight excluding hydrogens is 472 g/mol. The number of carboxylic acid groups (broad SMARTS) is 1. The highest BCUT2D eigenvalue weighted by atomic mass is 16.6. The Morgan fingerprint density at radius 2 is 0.806 bits per heavy atom. The molecule has 10 heteroatoms. The van der Waals surface area contributed by atoms with Crippen LogP contribution in [0.15, 0.2) is 0 Å². The number of aliphatic carboxylic acids is 1. The van der Waals surface area contributed by atoms with Crippen molar-refractivity contribution in [3.05, 3.63) is 0 Å². The molecule has 0 bridgehead atoms. The van der Waals surface area contributed by atoms with Crippen LogP contribution in [0, 0.1) is 0 Å². The SMILES string of the molecule is CCCCCCCCCC(=O)OCCOCCOCCOCCOCCOC(=O)CCCCC(=O)O. The summed E-state index contributed by atoms with van der Waals surface area (Å²) in [6.45, 7) is 5.82. The van der Waals surface area contributed by atoms with Crippen LogP contribution in [0.25, 0.3) is 0 Å². The van der Waals surface area contributed by atoms with Gasteiger partial charge >= 0.3 is 17.9 Å². The van der Waals surface area contributed by atoms with Crippen molar-refractivity contribution < 1.29 is 47.9 Å². The molecule has 0 spiro atoms. The highest BCUT2D eigenvalue weighted by molar-refractivity contribution is 5.70. The van der Waals surface area contributed by atoms with Gasteiger partial charge in [-0.2, -0.15) is 0 Å². The minimum absolute atomic E-state index is 0.0628. The number of rotatable bonds is 28. The van der Waals surface area contributed by atoms with Gasteiger partial charge in [-0.05, 0) is 19.3 Å². The number of carbonyl (C=O) groups is 3.